The van der Waals surface area contributed by atoms with Crippen molar-refractivity contribution in [2.75, 3.05) is 0 Å². The Bertz CT molecular complexity index is 800. The van der Waals surface area contributed by atoms with Gasteiger partial charge in [0.15, 0.2) is 0 Å². The van der Waals surface area contributed by atoms with Crippen LogP contribution in [0.25, 0.3) is 5.78 Å². The van der Waals surface area contributed by atoms with Crippen LogP contribution in [0.5, 0.6) is 11.6 Å². The van der Waals surface area contributed by atoms with Gasteiger partial charge in [0.05, 0.1) is 5.02 Å². The highest BCUT2D eigenvalue weighted by Crippen LogP contribution is 2.33. The van der Waals surface area contributed by atoms with Gasteiger partial charge in [0.2, 0.25) is 5.88 Å². The number of ether oxygens (including phenoxy) is 1. The van der Waals surface area contributed by atoms with Crippen LogP contribution in [0, 0.1) is 13.8 Å². The van der Waals surface area contributed by atoms with E-state index in [9.17, 15) is 0 Å². The van der Waals surface area contributed by atoms with Crippen LogP contribution in [0.15, 0.2) is 24.5 Å². The molecule has 0 bridgehead atoms. The molecule has 0 aliphatic heterocycles. The lowest BCUT2D eigenvalue weighted by atomic mass is 10.2. The molecule has 0 atom stereocenters. The van der Waals surface area contributed by atoms with E-state index in [4.69, 9.17) is 27.9 Å². The molecule has 2 heterocycles. The minimum atomic E-state index is 0.323. The minimum absolute atomic E-state index is 0.323. The molecule has 0 aliphatic rings. The van der Waals surface area contributed by atoms with E-state index in [0.29, 0.717) is 33.1 Å². The maximum atomic E-state index is 6.14. The topological polar surface area (TPSA) is 52.3 Å². The average molecular weight is 309 g/mol. The van der Waals surface area contributed by atoms with Crippen molar-refractivity contribution in [1.82, 2.24) is 19.6 Å². The minimum Gasteiger partial charge on any atom is -0.437 e. The van der Waals surface area contributed by atoms with Crippen LogP contribution in [0.4, 0.5) is 0 Å². The molecule has 0 N–H and O–H groups in total. The number of aromatic nitrogens is 4. The number of rotatable bonds is 2. The Morgan fingerprint density at radius 2 is 2.00 bits per heavy atom. The summed E-state index contributed by atoms with van der Waals surface area (Å²) in [5, 5.41) is 4.92. The zero-order valence-corrected chi connectivity index (χ0v) is 12.3. The van der Waals surface area contributed by atoms with E-state index in [1.807, 2.05) is 19.1 Å². The first-order valence-corrected chi connectivity index (χ1v) is 6.61. The van der Waals surface area contributed by atoms with Crippen LogP contribution in [-0.4, -0.2) is 19.6 Å². The fourth-order valence-corrected chi connectivity index (χ4v) is 2.10. The van der Waals surface area contributed by atoms with Crippen molar-refractivity contribution in [2.24, 2.45) is 0 Å². The summed E-state index contributed by atoms with van der Waals surface area (Å²) in [6.45, 7) is 3.76. The normalized spacial score (nSPS) is 11.0. The average Bonchev–Trinajstić information content (AvgIpc) is 2.86. The second kappa shape index (κ2) is 4.92. The summed E-state index contributed by atoms with van der Waals surface area (Å²) < 4.78 is 7.36. The largest absolute Gasteiger partial charge is 0.437 e. The molecule has 0 radical (unpaired) electrons. The van der Waals surface area contributed by atoms with Crippen molar-refractivity contribution >= 4 is 29.0 Å². The monoisotopic (exact) mass is 308 g/mol. The van der Waals surface area contributed by atoms with E-state index in [1.165, 1.54) is 10.8 Å². The lowest BCUT2D eigenvalue weighted by Crippen LogP contribution is -2.02. The van der Waals surface area contributed by atoms with Crippen molar-refractivity contribution in [2.45, 2.75) is 13.8 Å². The van der Waals surface area contributed by atoms with Crippen LogP contribution in [0.2, 0.25) is 10.2 Å². The van der Waals surface area contributed by atoms with Gasteiger partial charge in [-0.3, -0.25) is 0 Å². The predicted octanol–water partition coefficient (Wildman–Crippen LogP) is 3.84. The first kappa shape index (κ1) is 13.1. The van der Waals surface area contributed by atoms with Crippen molar-refractivity contribution in [3.63, 3.8) is 0 Å². The van der Waals surface area contributed by atoms with Gasteiger partial charge in [-0.2, -0.15) is 19.6 Å². The summed E-state index contributed by atoms with van der Waals surface area (Å²) in [5.74, 6) is 1.36. The Morgan fingerprint density at radius 3 is 2.80 bits per heavy atom. The van der Waals surface area contributed by atoms with Crippen LogP contribution < -0.4 is 4.74 Å². The molecule has 0 saturated heterocycles. The van der Waals surface area contributed by atoms with Crippen molar-refractivity contribution < 1.29 is 4.74 Å². The molecule has 7 heteroatoms. The molecule has 3 aromatic rings. The zero-order chi connectivity index (χ0) is 14.3. The van der Waals surface area contributed by atoms with Crippen molar-refractivity contribution in [1.29, 1.82) is 0 Å². The van der Waals surface area contributed by atoms with E-state index >= 15 is 0 Å². The van der Waals surface area contributed by atoms with E-state index in [0.717, 1.165) is 5.56 Å². The second-order valence-corrected chi connectivity index (χ2v) is 5.11. The fraction of sp³-hybridized carbons (Fsp3) is 0.154. The molecule has 0 spiro atoms. The number of halogens is 2. The summed E-state index contributed by atoms with van der Waals surface area (Å²) in [4.78, 5) is 8.13. The molecule has 2 aromatic heterocycles. The van der Waals surface area contributed by atoms with Crippen LogP contribution in [0.3, 0.4) is 0 Å². The summed E-state index contributed by atoms with van der Waals surface area (Å²) in [6, 6.07) is 5.54. The van der Waals surface area contributed by atoms with Gasteiger partial charge < -0.3 is 4.74 Å². The molecule has 3 rings (SSSR count). The maximum Gasteiger partial charge on any atom is 0.256 e. The maximum absolute atomic E-state index is 6.14. The van der Waals surface area contributed by atoms with Gasteiger partial charge >= 0.3 is 0 Å². The van der Waals surface area contributed by atoms with Crippen molar-refractivity contribution in [3.05, 3.63) is 45.8 Å². The summed E-state index contributed by atoms with van der Waals surface area (Å²) in [6.07, 6.45) is 1.39. The number of fused-ring (bicyclic) bond motifs is 1. The van der Waals surface area contributed by atoms with Gasteiger partial charge in [-0.05, 0) is 31.5 Å². The molecular weight excluding hydrogens is 299 g/mol. The van der Waals surface area contributed by atoms with Gasteiger partial charge in [-0.25, -0.2) is 0 Å². The lowest BCUT2D eigenvalue weighted by Gasteiger charge is -2.12. The molecule has 0 unspecified atom stereocenters. The number of hydrogen-bond acceptors (Lipinski definition) is 4. The number of hydrogen-bond donors (Lipinski definition) is 0. The predicted molar refractivity (Wildman–Crippen MR) is 76.8 cm³/mol. The van der Waals surface area contributed by atoms with Gasteiger partial charge in [-0.15, -0.1) is 0 Å². The Morgan fingerprint density at radius 1 is 1.20 bits per heavy atom. The molecule has 20 heavy (non-hydrogen) atoms. The Balaban J connectivity index is 2.17. The number of nitrogens with zero attached hydrogens (tertiary/aromatic N) is 4. The SMILES string of the molecule is Cc1ccc(Cl)c(Oc2c(C)c(Cl)nc3ncnn23)c1. The third kappa shape index (κ3) is 2.19. The lowest BCUT2D eigenvalue weighted by molar-refractivity contribution is 0.441. The van der Waals surface area contributed by atoms with E-state index in [-0.39, 0.29) is 0 Å². The van der Waals surface area contributed by atoms with E-state index in [2.05, 4.69) is 15.1 Å². The standard InChI is InChI=1S/C13H10Cl2N4O/c1-7-3-4-9(14)10(5-7)20-12-8(2)11(15)18-13-16-6-17-19(12)13/h3-6H,1-2H3. The third-order valence-electron chi connectivity index (χ3n) is 2.84. The van der Waals surface area contributed by atoms with E-state index in [1.54, 1.807) is 13.0 Å². The highest BCUT2D eigenvalue weighted by molar-refractivity contribution is 6.32. The number of benzene rings is 1. The Kier molecular flexibility index (Phi) is 3.23. The van der Waals surface area contributed by atoms with Crippen LogP contribution in [0.1, 0.15) is 11.1 Å². The van der Waals surface area contributed by atoms with Crippen molar-refractivity contribution in [3.8, 4) is 11.6 Å². The molecule has 102 valence electrons. The first-order chi connectivity index (χ1) is 9.56. The fourth-order valence-electron chi connectivity index (χ4n) is 1.79. The van der Waals surface area contributed by atoms with Gasteiger partial charge in [0.25, 0.3) is 5.78 Å². The highest BCUT2D eigenvalue weighted by Gasteiger charge is 2.15. The molecule has 0 saturated carbocycles. The molecule has 1 aromatic carbocycles. The smallest absolute Gasteiger partial charge is 0.256 e. The van der Waals surface area contributed by atoms with Gasteiger partial charge in [0, 0.05) is 5.56 Å². The van der Waals surface area contributed by atoms with Gasteiger partial charge in [0.1, 0.15) is 17.2 Å². The van der Waals surface area contributed by atoms with Crippen LogP contribution >= 0.6 is 23.2 Å². The first-order valence-electron chi connectivity index (χ1n) is 5.86. The summed E-state index contributed by atoms with van der Waals surface area (Å²) in [7, 11) is 0. The molecular formula is C13H10Cl2N4O. The van der Waals surface area contributed by atoms with Gasteiger partial charge in [-0.1, -0.05) is 29.3 Å². The molecule has 5 nitrogen and oxygen atoms in total. The Labute approximate surface area is 125 Å². The quantitative estimate of drug-likeness (QED) is 0.675. The highest BCUT2D eigenvalue weighted by atomic mass is 35.5. The molecule has 0 amide bonds. The summed E-state index contributed by atoms with van der Waals surface area (Å²) in [5.41, 5.74) is 1.71. The third-order valence-corrected chi connectivity index (χ3v) is 3.52. The van der Waals surface area contributed by atoms with Crippen LogP contribution in [-0.2, 0) is 0 Å². The molecule has 0 fully saturated rings. The number of aryl methyl sites for hydroxylation is 1. The Hall–Kier alpha value is -1.85. The molecule has 0 aliphatic carbocycles. The second-order valence-electron chi connectivity index (χ2n) is 4.34. The zero-order valence-electron chi connectivity index (χ0n) is 10.8. The summed E-state index contributed by atoms with van der Waals surface area (Å²) >= 11 is 12.2. The van der Waals surface area contributed by atoms with E-state index < -0.39 is 0 Å².